The van der Waals surface area contributed by atoms with Gasteiger partial charge in [0.2, 0.25) is 0 Å². The first-order valence-corrected chi connectivity index (χ1v) is 4.08. The van der Waals surface area contributed by atoms with E-state index >= 15 is 0 Å². The van der Waals surface area contributed by atoms with Crippen molar-refractivity contribution >= 4 is 0 Å². The standard InChI is InChI=1S/C9H13NO/c1-6-4-8(11-5-6)9(10)7-2-3-7/h4-5,7,9H,2-3,10H2,1H3. The lowest BCUT2D eigenvalue weighted by atomic mass is 10.1. The molecular weight excluding hydrogens is 138 g/mol. The molecule has 1 saturated carbocycles. The molecule has 1 aromatic rings. The van der Waals surface area contributed by atoms with E-state index in [9.17, 15) is 0 Å². The second kappa shape index (κ2) is 2.38. The van der Waals surface area contributed by atoms with Crippen LogP contribution in [0.3, 0.4) is 0 Å². The number of furan rings is 1. The number of nitrogens with two attached hydrogens (primary N) is 1. The summed E-state index contributed by atoms with van der Waals surface area (Å²) in [6, 6.07) is 2.17. The molecule has 11 heavy (non-hydrogen) atoms. The predicted octanol–water partition coefficient (Wildman–Crippen LogP) is 2.00. The van der Waals surface area contributed by atoms with Crippen LogP contribution < -0.4 is 5.73 Å². The fourth-order valence-electron chi connectivity index (χ4n) is 1.32. The predicted molar refractivity (Wildman–Crippen MR) is 43.1 cm³/mol. The van der Waals surface area contributed by atoms with E-state index in [4.69, 9.17) is 10.2 Å². The molecule has 60 valence electrons. The second-order valence-electron chi connectivity index (χ2n) is 3.39. The van der Waals surface area contributed by atoms with Gasteiger partial charge in [-0.1, -0.05) is 0 Å². The summed E-state index contributed by atoms with van der Waals surface area (Å²) in [6.07, 6.45) is 4.29. The summed E-state index contributed by atoms with van der Waals surface area (Å²) in [5, 5.41) is 0. The van der Waals surface area contributed by atoms with Crippen molar-refractivity contribution in [1.82, 2.24) is 0 Å². The van der Waals surface area contributed by atoms with Crippen molar-refractivity contribution in [3.05, 3.63) is 23.7 Å². The quantitative estimate of drug-likeness (QED) is 0.702. The number of hydrogen-bond donors (Lipinski definition) is 1. The maximum atomic E-state index is 5.92. The highest BCUT2D eigenvalue weighted by atomic mass is 16.3. The van der Waals surface area contributed by atoms with Crippen LogP contribution in [0.25, 0.3) is 0 Å². The highest BCUT2D eigenvalue weighted by Crippen LogP contribution is 2.39. The first-order chi connectivity index (χ1) is 5.27. The van der Waals surface area contributed by atoms with Crippen LogP contribution in [-0.4, -0.2) is 0 Å². The number of hydrogen-bond acceptors (Lipinski definition) is 2. The molecule has 1 aromatic heterocycles. The van der Waals surface area contributed by atoms with Crippen LogP contribution in [0.2, 0.25) is 0 Å². The van der Waals surface area contributed by atoms with E-state index in [0.717, 1.165) is 11.3 Å². The average molecular weight is 151 g/mol. The second-order valence-corrected chi connectivity index (χ2v) is 3.39. The summed E-state index contributed by atoms with van der Waals surface area (Å²) in [7, 11) is 0. The third kappa shape index (κ3) is 1.31. The number of aryl methyl sites for hydroxylation is 1. The normalized spacial score (nSPS) is 20.2. The van der Waals surface area contributed by atoms with Gasteiger partial charge < -0.3 is 10.2 Å². The smallest absolute Gasteiger partial charge is 0.121 e. The van der Waals surface area contributed by atoms with Crippen molar-refractivity contribution in [2.24, 2.45) is 11.7 Å². The van der Waals surface area contributed by atoms with Crippen LogP contribution in [0, 0.1) is 12.8 Å². The lowest BCUT2D eigenvalue weighted by molar-refractivity contribution is 0.442. The lowest BCUT2D eigenvalue weighted by Gasteiger charge is -2.04. The molecule has 0 amide bonds. The van der Waals surface area contributed by atoms with Crippen molar-refractivity contribution in [2.75, 3.05) is 0 Å². The van der Waals surface area contributed by atoms with Crippen LogP contribution in [0.15, 0.2) is 16.7 Å². The molecule has 0 spiro atoms. The maximum absolute atomic E-state index is 5.92. The Kier molecular flexibility index (Phi) is 1.50. The van der Waals surface area contributed by atoms with E-state index < -0.39 is 0 Å². The van der Waals surface area contributed by atoms with Crippen LogP contribution >= 0.6 is 0 Å². The van der Waals surface area contributed by atoms with E-state index in [0.29, 0.717) is 5.92 Å². The molecule has 0 radical (unpaired) electrons. The molecule has 0 aliphatic heterocycles. The number of rotatable bonds is 2. The third-order valence-electron chi connectivity index (χ3n) is 2.21. The Morgan fingerprint density at radius 3 is 2.82 bits per heavy atom. The molecule has 1 unspecified atom stereocenters. The monoisotopic (exact) mass is 151 g/mol. The Hall–Kier alpha value is -0.760. The van der Waals surface area contributed by atoms with Gasteiger partial charge in [-0.15, -0.1) is 0 Å². The van der Waals surface area contributed by atoms with Gasteiger partial charge in [-0.3, -0.25) is 0 Å². The molecule has 1 fully saturated rings. The summed E-state index contributed by atoms with van der Waals surface area (Å²) >= 11 is 0. The van der Waals surface area contributed by atoms with Gasteiger partial charge in [0.15, 0.2) is 0 Å². The molecule has 1 aliphatic carbocycles. The zero-order valence-electron chi connectivity index (χ0n) is 6.71. The van der Waals surface area contributed by atoms with Gasteiger partial charge in [0.1, 0.15) is 5.76 Å². The molecule has 2 heteroatoms. The molecule has 0 bridgehead atoms. The first kappa shape index (κ1) is 6.92. The summed E-state index contributed by atoms with van der Waals surface area (Å²) in [5.41, 5.74) is 7.08. The molecule has 2 N–H and O–H groups in total. The van der Waals surface area contributed by atoms with Gasteiger partial charge in [0.05, 0.1) is 12.3 Å². The summed E-state index contributed by atoms with van der Waals surface area (Å²) in [5.74, 6) is 1.63. The van der Waals surface area contributed by atoms with Crippen LogP contribution in [0.4, 0.5) is 0 Å². The maximum Gasteiger partial charge on any atom is 0.121 e. The fourth-order valence-corrected chi connectivity index (χ4v) is 1.32. The topological polar surface area (TPSA) is 39.2 Å². The summed E-state index contributed by atoms with van der Waals surface area (Å²) in [6.45, 7) is 2.02. The fraction of sp³-hybridized carbons (Fsp3) is 0.556. The van der Waals surface area contributed by atoms with E-state index in [2.05, 4.69) is 0 Å². The van der Waals surface area contributed by atoms with E-state index in [-0.39, 0.29) is 6.04 Å². The Labute approximate surface area is 66.4 Å². The molecule has 1 aliphatic rings. The molecule has 0 saturated heterocycles. The minimum atomic E-state index is 0.142. The zero-order chi connectivity index (χ0) is 7.84. The Balaban J connectivity index is 2.14. The Morgan fingerprint density at radius 1 is 1.64 bits per heavy atom. The van der Waals surface area contributed by atoms with Crippen molar-refractivity contribution in [3.63, 3.8) is 0 Å². The first-order valence-electron chi connectivity index (χ1n) is 4.08. The minimum Gasteiger partial charge on any atom is -0.467 e. The van der Waals surface area contributed by atoms with E-state index in [1.807, 2.05) is 13.0 Å². The van der Waals surface area contributed by atoms with Gasteiger partial charge in [0, 0.05) is 0 Å². The molecular formula is C9H13NO. The summed E-state index contributed by atoms with van der Waals surface area (Å²) in [4.78, 5) is 0. The van der Waals surface area contributed by atoms with Gasteiger partial charge in [-0.25, -0.2) is 0 Å². The van der Waals surface area contributed by atoms with Crippen molar-refractivity contribution in [2.45, 2.75) is 25.8 Å². The summed E-state index contributed by atoms with van der Waals surface area (Å²) < 4.78 is 5.30. The third-order valence-corrected chi connectivity index (χ3v) is 2.21. The van der Waals surface area contributed by atoms with Crippen molar-refractivity contribution < 1.29 is 4.42 Å². The van der Waals surface area contributed by atoms with Crippen molar-refractivity contribution in [3.8, 4) is 0 Å². The highest BCUT2D eigenvalue weighted by Gasteiger charge is 2.31. The molecule has 2 nitrogen and oxygen atoms in total. The molecule has 1 atom stereocenters. The molecule has 0 aromatic carbocycles. The van der Waals surface area contributed by atoms with E-state index in [1.165, 1.54) is 12.8 Å². The van der Waals surface area contributed by atoms with Gasteiger partial charge in [0.25, 0.3) is 0 Å². The van der Waals surface area contributed by atoms with Crippen LogP contribution in [0.5, 0.6) is 0 Å². The Morgan fingerprint density at radius 2 is 2.36 bits per heavy atom. The van der Waals surface area contributed by atoms with Crippen molar-refractivity contribution in [1.29, 1.82) is 0 Å². The largest absolute Gasteiger partial charge is 0.467 e. The van der Waals surface area contributed by atoms with E-state index in [1.54, 1.807) is 6.26 Å². The zero-order valence-corrected chi connectivity index (χ0v) is 6.71. The van der Waals surface area contributed by atoms with Crippen LogP contribution in [0.1, 0.15) is 30.2 Å². The van der Waals surface area contributed by atoms with Gasteiger partial charge in [-0.05, 0) is 37.3 Å². The SMILES string of the molecule is Cc1coc(C(N)C2CC2)c1. The van der Waals surface area contributed by atoms with Gasteiger partial charge in [-0.2, -0.15) is 0 Å². The van der Waals surface area contributed by atoms with Crippen LogP contribution in [-0.2, 0) is 0 Å². The average Bonchev–Trinajstić information content (AvgIpc) is 2.74. The Bertz CT molecular complexity index is 250. The molecule has 1 heterocycles. The molecule has 2 rings (SSSR count). The minimum absolute atomic E-state index is 0.142. The lowest BCUT2D eigenvalue weighted by Crippen LogP contribution is -2.10. The van der Waals surface area contributed by atoms with Gasteiger partial charge >= 0.3 is 0 Å². The highest BCUT2D eigenvalue weighted by molar-refractivity contribution is 5.15.